The highest BCUT2D eigenvalue weighted by atomic mass is 16.3. The number of aliphatic hydroxyl groups excluding tert-OH is 1. The first-order valence-corrected chi connectivity index (χ1v) is 8.03. The van der Waals surface area contributed by atoms with Crippen molar-refractivity contribution in [3.8, 4) is 0 Å². The summed E-state index contributed by atoms with van der Waals surface area (Å²) in [5.41, 5.74) is -0.392. The Morgan fingerprint density at radius 3 is 2.55 bits per heavy atom. The molecule has 0 radical (unpaired) electrons. The smallest absolute Gasteiger partial charge is 0.232 e. The van der Waals surface area contributed by atoms with E-state index in [1.165, 1.54) is 4.90 Å². The quantitative estimate of drug-likeness (QED) is 0.495. The third-order valence-electron chi connectivity index (χ3n) is 3.97. The number of unbranched alkanes of at least 4 members (excludes halogenated alkanes) is 2. The zero-order valence-electron chi connectivity index (χ0n) is 13.9. The van der Waals surface area contributed by atoms with Crippen LogP contribution < -0.4 is 5.32 Å². The first kappa shape index (κ1) is 18.6. The largest absolute Gasteiger partial charge is 0.396 e. The van der Waals surface area contributed by atoms with Gasteiger partial charge in [-0.05, 0) is 33.1 Å². The van der Waals surface area contributed by atoms with E-state index < -0.39 is 5.54 Å². The zero-order valence-corrected chi connectivity index (χ0v) is 13.9. The molecule has 1 saturated heterocycles. The minimum atomic E-state index is -0.392. The van der Waals surface area contributed by atoms with E-state index >= 15 is 0 Å². The van der Waals surface area contributed by atoms with E-state index in [0.717, 1.165) is 19.3 Å². The van der Waals surface area contributed by atoms with Crippen LogP contribution in [0, 0.1) is 5.92 Å². The van der Waals surface area contributed by atoms with Crippen molar-refractivity contribution in [1.29, 1.82) is 0 Å². The molecular formula is C16H28N2O4. The van der Waals surface area contributed by atoms with Gasteiger partial charge in [-0.2, -0.15) is 0 Å². The van der Waals surface area contributed by atoms with E-state index in [1.807, 2.05) is 13.8 Å². The number of likely N-dealkylation sites (tertiary alicyclic amines) is 1. The van der Waals surface area contributed by atoms with Crippen LogP contribution in [0.1, 0.15) is 59.3 Å². The Kier molecular flexibility index (Phi) is 7.00. The van der Waals surface area contributed by atoms with Crippen molar-refractivity contribution in [2.24, 2.45) is 5.92 Å². The minimum Gasteiger partial charge on any atom is -0.396 e. The molecule has 0 saturated carbocycles. The highest BCUT2D eigenvalue weighted by Gasteiger charge is 2.34. The highest BCUT2D eigenvalue weighted by Crippen LogP contribution is 2.19. The number of hydrogen-bond acceptors (Lipinski definition) is 4. The summed E-state index contributed by atoms with van der Waals surface area (Å²) in [6.45, 7) is 6.04. The van der Waals surface area contributed by atoms with Gasteiger partial charge in [-0.15, -0.1) is 0 Å². The van der Waals surface area contributed by atoms with Crippen LogP contribution in [-0.4, -0.2) is 46.4 Å². The van der Waals surface area contributed by atoms with Crippen molar-refractivity contribution in [2.45, 2.75) is 64.8 Å². The van der Waals surface area contributed by atoms with E-state index in [4.69, 9.17) is 5.11 Å². The monoisotopic (exact) mass is 312 g/mol. The third kappa shape index (κ3) is 5.75. The lowest BCUT2D eigenvalue weighted by Crippen LogP contribution is -2.43. The standard InChI is InChI=1S/C16H28N2O4/c1-12-11-14(21)18(15(12)22)9-6-4-5-7-13(20)17-16(2,3)8-10-19/h12,19H,4-11H2,1-3H3,(H,17,20). The van der Waals surface area contributed by atoms with E-state index in [2.05, 4.69) is 5.32 Å². The van der Waals surface area contributed by atoms with Crippen LogP contribution in [0.5, 0.6) is 0 Å². The fourth-order valence-electron chi connectivity index (χ4n) is 2.60. The predicted octanol–water partition coefficient (Wildman–Crippen LogP) is 1.22. The predicted molar refractivity (Wildman–Crippen MR) is 82.9 cm³/mol. The molecule has 6 nitrogen and oxygen atoms in total. The molecule has 0 spiro atoms. The molecule has 6 heteroatoms. The molecule has 3 amide bonds. The van der Waals surface area contributed by atoms with Gasteiger partial charge in [0.1, 0.15) is 0 Å². The molecule has 1 heterocycles. The number of nitrogens with zero attached hydrogens (tertiary/aromatic N) is 1. The van der Waals surface area contributed by atoms with Crippen molar-refractivity contribution < 1.29 is 19.5 Å². The fourth-order valence-corrected chi connectivity index (χ4v) is 2.60. The molecule has 1 aliphatic heterocycles. The van der Waals surface area contributed by atoms with Crippen molar-refractivity contribution in [3.05, 3.63) is 0 Å². The van der Waals surface area contributed by atoms with Crippen LogP contribution in [0.2, 0.25) is 0 Å². The maximum atomic E-state index is 11.8. The maximum absolute atomic E-state index is 11.8. The van der Waals surface area contributed by atoms with Crippen molar-refractivity contribution in [3.63, 3.8) is 0 Å². The Hall–Kier alpha value is -1.43. The summed E-state index contributed by atoms with van der Waals surface area (Å²) in [5, 5.41) is 11.8. The van der Waals surface area contributed by atoms with Crippen LogP contribution >= 0.6 is 0 Å². The van der Waals surface area contributed by atoms with Crippen LogP contribution in [-0.2, 0) is 14.4 Å². The summed E-state index contributed by atoms with van der Waals surface area (Å²) in [4.78, 5) is 36.5. The van der Waals surface area contributed by atoms with Crippen molar-refractivity contribution >= 4 is 17.7 Å². The van der Waals surface area contributed by atoms with Crippen LogP contribution in [0.4, 0.5) is 0 Å². The van der Waals surface area contributed by atoms with Gasteiger partial charge >= 0.3 is 0 Å². The van der Waals surface area contributed by atoms with Gasteiger partial charge in [-0.3, -0.25) is 19.3 Å². The second-order valence-corrected chi connectivity index (χ2v) is 6.71. The number of hydrogen-bond donors (Lipinski definition) is 2. The van der Waals surface area contributed by atoms with Gasteiger partial charge < -0.3 is 10.4 Å². The normalized spacial score (nSPS) is 18.9. The lowest BCUT2D eigenvalue weighted by Gasteiger charge is -2.25. The Morgan fingerprint density at radius 1 is 1.32 bits per heavy atom. The molecule has 0 aromatic heterocycles. The van der Waals surface area contributed by atoms with E-state index in [9.17, 15) is 14.4 Å². The molecule has 1 atom stereocenters. The number of carbonyl (C=O) groups is 3. The Bertz CT molecular complexity index is 420. The number of rotatable bonds is 9. The minimum absolute atomic E-state index is 0.0274. The Labute approximate surface area is 132 Å². The first-order valence-electron chi connectivity index (χ1n) is 8.03. The second-order valence-electron chi connectivity index (χ2n) is 6.71. The van der Waals surface area contributed by atoms with Crippen LogP contribution in [0.15, 0.2) is 0 Å². The summed E-state index contributed by atoms with van der Waals surface area (Å²) >= 11 is 0. The van der Waals surface area contributed by atoms with Gasteiger partial charge in [0, 0.05) is 37.5 Å². The molecule has 0 aromatic carbocycles. The molecule has 22 heavy (non-hydrogen) atoms. The molecule has 126 valence electrons. The van der Waals surface area contributed by atoms with E-state index in [-0.39, 0.29) is 30.2 Å². The lowest BCUT2D eigenvalue weighted by molar-refractivity contribution is -0.139. The number of imide groups is 1. The SMILES string of the molecule is CC1CC(=O)N(CCCCCC(=O)NC(C)(C)CCO)C1=O. The first-order chi connectivity index (χ1) is 10.3. The topological polar surface area (TPSA) is 86.7 Å². The molecule has 0 aromatic rings. The van der Waals surface area contributed by atoms with E-state index in [1.54, 1.807) is 6.92 Å². The summed E-state index contributed by atoms with van der Waals surface area (Å²) in [6.07, 6.45) is 3.54. The van der Waals surface area contributed by atoms with Crippen molar-refractivity contribution in [2.75, 3.05) is 13.2 Å². The van der Waals surface area contributed by atoms with Gasteiger partial charge in [-0.1, -0.05) is 13.3 Å². The van der Waals surface area contributed by atoms with Gasteiger partial charge in [0.05, 0.1) is 0 Å². The Balaban J connectivity index is 2.17. The molecule has 0 bridgehead atoms. The molecule has 0 aliphatic carbocycles. The lowest BCUT2D eigenvalue weighted by atomic mass is 10.0. The van der Waals surface area contributed by atoms with Gasteiger partial charge in [-0.25, -0.2) is 0 Å². The zero-order chi connectivity index (χ0) is 16.8. The van der Waals surface area contributed by atoms with Crippen LogP contribution in [0.25, 0.3) is 0 Å². The number of amides is 3. The Morgan fingerprint density at radius 2 is 2.00 bits per heavy atom. The average Bonchev–Trinajstić information content (AvgIpc) is 2.63. The van der Waals surface area contributed by atoms with Crippen LogP contribution in [0.3, 0.4) is 0 Å². The summed E-state index contributed by atoms with van der Waals surface area (Å²) in [6, 6.07) is 0. The molecule has 1 aliphatic rings. The van der Waals surface area contributed by atoms with Gasteiger partial charge in [0.15, 0.2) is 0 Å². The number of carbonyl (C=O) groups excluding carboxylic acids is 3. The molecule has 1 unspecified atom stereocenters. The average molecular weight is 312 g/mol. The number of aliphatic hydroxyl groups is 1. The second kappa shape index (κ2) is 8.27. The third-order valence-corrected chi connectivity index (χ3v) is 3.97. The summed E-state index contributed by atoms with van der Waals surface area (Å²) in [7, 11) is 0. The van der Waals surface area contributed by atoms with E-state index in [0.29, 0.717) is 25.8 Å². The molecule has 1 rings (SSSR count). The molecule has 1 fully saturated rings. The summed E-state index contributed by atoms with van der Waals surface area (Å²) < 4.78 is 0. The molecular weight excluding hydrogens is 284 g/mol. The van der Waals surface area contributed by atoms with Gasteiger partial charge in [0.25, 0.3) is 0 Å². The molecule has 2 N–H and O–H groups in total. The highest BCUT2D eigenvalue weighted by molar-refractivity contribution is 6.03. The number of nitrogens with one attached hydrogen (secondary N) is 1. The fraction of sp³-hybridized carbons (Fsp3) is 0.812. The van der Waals surface area contributed by atoms with Gasteiger partial charge in [0.2, 0.25) is 17.7 Å². The van der Waals surface area contributed by atoms with Crippen molar-refractivity contribution in [1.82, 2.24) is 10.2 Å². The maximum Gasteiger partial charge on any atom is 0.232 e. The summed E-state index contributed by atoms with van der Waals surface area (Å²) in [5.74, 6) is -0.373.